The van der Waals surface area contributed by atoms with Gasteiger partial charge in [0.25, 0.3) is 0 Å². The first-order chi connectivity index (χ1) is 9.81. The van der Waals surface area contributed by atoms with Crippen LogP contribution in [0.3, 0.4) is 0 Å². The van der Waals surface area contributed by atoms with E-state index in [0.717, 1.165) is 4.47 Å². The lowest BCUT2D eigenvalue weighted by molar-refractivity contribution is -0.119. The fraction of sp³-hybridized carbons (Fsp3) is 0.167. The molecule has 0 radical (unpaired) electrons. The van der Waals surface area contributed by atoms with Crippen molar-refractivity contribution < 1.29 is 4.79 Å². The molecular weight excluding hydrogens is 513 g/mol. The minimum absolute atomic E-state index is 0.225. The van der Waals surface area contributed by atoms with Gasteiger partial charge < -0.3 is 5.32 Å². The highest BCUT2D eigenvalue weighted by atomic mass is 79.9. The lowest BCUT2D eigenvalue weighted by atomic mass is 10.2. The summed E-state index contributed by atoms with van der Waals surface area (Å²) in [6.45, 7) is 1.74. The molecule has 0 aliphatic rings. The highest BCUT2D eigenvalue weighted by Crippen LogP contribution is 2.32. The molecular formula is C12H8Br3Cl2N3O. The molecule has 2 rings (SSSR count). The van der Waals surface area contributed by atoms with Gasteiger partial charge in [-0.15, -0.1) is 0 Å². The SMILES string of the molecule is CC(C(=O)Nc1ccc(Cl)c(Cl)c1)n1nc(Br)c(Br)c1Br. The molecule has 21 heavy (non-hydrogen) atoms. The summed E-state index contributed by atoms with van der Waals surface area (Å²) in [7, 11) is 0. The van der Waals surface area contributed by atoms with Gasteiger partial charge in [0.05, 0.1) is 14.5 Å². The first-order valence-electron chi connectivity index (χ1n) is 5.66. The summed E-state index contributed by atoms with van der Waals surface area (Å²) in [5.74, 6) is -0.225. The zero-order valence-electron chi connectivity index (χ0n) is 10.5. The number of halogens is 5. The van der Waals surface area contributed by atoms with Crippen molar-refractivity contribution in [2.75, 3.05) is 5.32 Å². The van der Waals surface area contributed by atoms with Gasteiger partial charge in [-0.25, -0.2) is 4.68 Å². The third-order valence-electron chi connectivity index (χ3n) is 2.69. The minimum atomic E-state index is -0.517. The molecule has 1 aromatic carbocycles. The maximum atomic E-state index is 12.3. The average molecular weight is 521 g/mol. The van der Waals surface area contributed by atoms with E-state index in [0.29, 0.717) is 24.9 Å². The van der Waals surface area contributed by atoms with Crippen LogP contribution in [0.25, 0.3) is 0 Å². The van der Waals surface area contributed by atoms with Crippen LogP contribution in [-0.4, -0.2) is 15.7 Å². The Balaban J connectivity index is 2.19. The molecule has 0 aliphatic heterocycles. The van der Waals surface area contributed by atoms with Crippen LogP contribution in [0, 0.1) is 0 Å². The highest BCUT2D eigenvalue weighted by molar-refractivity contribution is 9.14. The Kier molecular flexibility index (Phi) is 5.76. The number of nitrogens with zero attached hydrogens (tertiary/aromatic N) is 2. The lowest BCUT2D eigenvalue weighted by Crippen LogP contribution is -2.24. The van der Waals surface area contributed by atoms with E-state index in [9.17, 15) is 4.79 Å². The van der Waals surface area contributed by atoms with Gasteiger partial charge in [0, 0.05) is 5.69 Å². The van der Waals surface area contributed by atoms with Crippen molar-refractivity contribution in [3.8, 4) is 0 Å². The molecule has 1 heterocycles. The third-order valence-corrected chi connectivity index (χ3v) is 6.56. The Hall–Kier alpha value is -0.0800. The Morgan fingerprint density at radius 3 is 2.48 bits per heavy atom. The molecule has 1 N–H and O–H groups in total. The highest BCUT2D eigenvalue weighted by Gasteiger charge is 2.22. The van der Waals surface area contributed by atoms with Crippen LogP contribution in [0.1, 0.15) is 13.0 Å². The molecule has 0 bridgehead atoms. The van der Waals surface area contributed by atoms with Gasteiger partial charge in [-0.2, -0.15) is 5.10 Å². The summed E-state index contributed by atoms with van der Waals surface area (Å²) in [4.78, 5) is 12.3. The summed E-state index contributed by atoms with van der Waals surface area (Å²) < 4.78 is 3.59. The number of carbonyl (C=O) groups is 1. The van der Waals surface area contributed by atoms with E-state index in [1.165, 1.54) is 0 Å². The van der Waals surface area contributed by atoms with Crippen molar-refractivity contribution in [1.82, 2.24) is 9.78 Å². The van der Waals surface area contributed by atoms with Gasteiger partial charge in [-0.1, -0.05) is 23.2 Å². The fourth-order valence-corrected chi connectivity index (χ4v) is 3.31. The molecule has 1 aromatic heterocycles. The number of rotatable bonds is 3. The largest absolute Gasteiger partial charge is 0.324 e. The van der Waals surface area contributed by atoms with Crippen molar-refractivity contribution in [2.24, 2.45) is 0 Å². The Bertz CT molecular complexity index is 705. The Labute approximate surface area is 156 Å². The first-order valence-corrected chi connectivity index (χ1v) is 8.79. The maximum absolute atomic E-state index is 12.3. The first kappa shape index (κ1) is 17.3. The molecule has 0 spiro atoms. The van der Waals surface area contributed by atoms with E-state index >= 15 is 0 Å². The number of anilines is 1. The predicted molar refractivity (Wildman–Crippen MR) is 95.1 cm³/mol. The Morgan fingerprint density at radius 1 is 1.29 bits per heavy atom. The number of hydrogen-bond donors (Lipinski definition) is 1. The zero-order chi connectivity index (χ0) is 15.7. The van der Waals surface area contributed by atoms with Crippen LogP contribution < -0.4 is 5.32 Å². The van der Waals surface area contributed by atoms with Crippen LogP contribution in [0.5, 0.6) is 0 Å². The predicted octanol–water partition coefficient (Wildman–Crippen LogP) is 5.68. The molecule has 1 unspecified atom stereocenters. The number of benzene rings is 1. The van der Waals surface area contributed by atoms with Gasteiger partial charge in [0.15, 0.2) is 0 Å². The van der Waals surface area contributed by atoms with E-state index in [-0.39, 0.29) is 5.91 Å². The molecule has 0 aliphatic carbocycles. The summed E-state index contributed by atoms with van der Waals surface area (Å²) >= 11 is 21.8. The van der Waals surface area contributed by atoms with Crippen LogP contribution in [0.15, 0.2) is 31.9 Å². The number of aromatic nitrogens is 2. The summed E-state index contributed by atoms with van der Waals surface area (Å²) in [5.41, 5.74) is 0.572. The topological polar surface area (TPSA) is 46.9 Å². The normalized spacial score (nSPS) is 12.3. The third kappa shape index (κ3) is 3.82. The minimum Gasteiger partial charge on any atom is -0.324 e. The maximum Gasteiger partial charge on any atom is 0.248 e. The second-order valence-electron chi connectivity index (χ2n) is 4.13. The van der Waals surface area contributed by atoms with Gasteiger partial charge >= 0.3 is 0 Å². The molecule has 112 valence electrons. The van der Waals surface area contributed by atoms with E-state index < -0.39 is 6.04 Å². The summed E-state index contributed by atoms with van der Waals surface area (Å²) in [6, 6.07) is 4.39. The molecule has 0 saturated carbocycles. The second-order valence-corrected chi connectivity index (χ2v) is 7.24. The molecule has 0 fully saturated rings. The van der Waals surface area contributed by atoms with Gasteiger partial charge in [0.1, 0.15) is 15.2 Å². The lowest BCUT2D eigenvalue weighted by Gasteiger charge is -2.14. The van der Waals surface area contributed by atoms with Crippen molar-refractivity contribution in [3.05, 3.63) is 41.9 Å². The van der Waals surface area contributed by atoms with Crippen molar-refractivity contribution in [3.63, 3.8) is 0 Å². The number of hydrogen-bond acceptors (Lipinski definition) is 2. The summed E-state index contributed by atoms with van der Waals surface area (Å²) in [5, 5.41) is 7.82. The van der Waals surface area contributed by atoms with E-state index in [4.69, 9.17) is 23.2 Å². The van der Waals surface area contributed by atoms with Crippen LogP contribution in [0.2, 0.25) is 10.0 Å². The number of carbonyl (C=O) groups excluding carboxylic acids is 1. The molecule has 2 aromatic rings. The second kappa shape index (κ2) is 7.00. The monoisotopic (exact) mass is 517 g/mol. The quantitative estimate of drug-likeness (QED) is 0.566. The zero-order valence-corrected chi connectivity index (χ0v) is 16.8. The molecule has 1 atom stereocenters. The fourth-order valence-electron chi connectivity index (χ4n) is 1.56. The van der Waals surface area contributed by atoms with Crippen LogP contribution in [0.4, 0.5) is 5.69 Å². The Morgan fingerprint density at radius 2 is 1.95 bits per heavy atom. The smallest absolute Gasteiger partial charge is 0.248 e. The standard InChI is InChI=1S/C12H8Br3Cl2N3O/c1-5(20-11(15)9(13)10(14)19-20)12(21)18-6-2-3-7(16)8(17)4-6/h2-5H,1H3,(H,18,21). The van der Waals surface area contributed by atoms with Crippen molar-refractivity contribution in [1.29, 1.82) is 0 Å². The number of amides is 1. The van der Waals surface area contributed by atoms with Crippen LogP contribution >= 0.6 is 71.0 Å². The van der Waals surface area contributed by atoms with Gasteiger partial charge in [-0.05, 0) is 72.9 Å². The van der Waals surface area contributed by atoms with Gasteiger partial charge in [-0.3, -0.25) is 4.79 Å². The van der Waals surface area contributed by atoms with E-state index in [1.807, 2.05) is 0 Å². The van der Waals surface area contributed by atoms with Crippen LogP contribution in [-0.2, 0) is 4.79 Å². The van der Waals surface area contributed by atoms with E-state index in [2.05, 4.69) is 58.2 Å². The van der Waals surface area contributed by atoms with Crippen molar-refractivity contribution in [2.45, 2.75) is 13.0 Å². The molecule has 4 nitrogen and oxygen atoms in total. The van der Waals surface area contributed by atoms with Crippen molar-refractivity contribution >= 4 is 82.6 Å². The molecule has 0 saturated heterocycles. The number of nitrogens with one attached hydrogen (secondary N) is 1. The average Bonchev–Trinajstić information content (AvgIpc) is 2.69. The molecule has 1 amide bonds. The van der Waals surface area contributed by atoms with E-state index in [1.54, 1.807) is 29.8 Å². The van der Waals surface area contributed by atoms with Gasteiger partial charge in [0.2, 0.25) is 5.91 Å². The molecule has 9 heteroatoms. The summed E-state index contributed by atoms with van der Waals surface area (Å²) in [6.07, 6.45) is 0.